The van der Waals surface area contributed by atoms with Gasteiger partial charge in [-0.3, -0.25) is 4.79 Å². The Labute approximate surface area is 135 Å². The first-order valence-electron chi connectivity index (χ1n) is 6.63. The van der Waals surface area contributed by atoms with E-state index in [1.54, 1.807) is 6.07 Å². The lowest BCUT2D eigenvalue weighted by molar-refractivity contribution is -0.113. The van der Waals surface area contributed by atoms with Gasteiger partial charge < -0.3 is 5.32 Å². The van der Waals surface area contributed by atoms with Crippen molar-refractivity contribution in [3.05, 3.63) is 58.6 Å². The predicted octanol–water partition coefficient (Wildman–Crippen LogP) is 3.37. The van der Waals surface area contributed by atoms with E-state index in [9.17, 15) is 13.2 Å². The fourth-order valence-electron chi connectivity index (χ4n) is 2.04. The summed E-state index contributed by atoms with van der Waals surface area (Å²) in [5, 5.41) is 3.07. The number of halogens is 1. The van der Waals surface area contributed by atoms with Gasteiger partial charge in [-0.05, 0) is 49.7 Å². The standard InChI is InChI=1S/C16H16ClNO3S/c1-11-3-8-15(12(2)9-11)18-16(19)10-22(20,21)14-6-4-13(17)5-7-14/h3-9H,10H2,1-2H3,(H,18,19). The van der Waals surface area contributed by atoms with Crippen LogP contribution in [0.15, 0.2) is 47.4 Å². The van der Waals surface area contributed by atoms with Crippen molar-refractivity contribution in [2.45, 2.75) is 18.7 Å². The van der Waals surface area contributed by atoms with Crippen molar-refractivity contribution < 1.29 is 13.2 Å². The van der Waals surface area contributed by atoms with Gasteiger partial charge in [-0.15, -0.1) is 0 Å². The molecule has 2 rings (SSSR count). The molecule has 0 spiro atoms. The first kappa shape index (κ1) is 16.5. The van der Waals surface area contributed by atoms with E-state index in [1.165, 1.54) is 24.3 Å². The summed E-state index contributed by atoms with van der Waals surface area (Å²) in [5.74, 6) is -1.18. The quantitative estimate of drug-likeness (QED) is 0.930. The van der Waals surface area contributed by atoms with E-state index in [-0.39, 0.29) is 4.90 Å². The van der Waals surface area contributed by atoms with Crippen molar-refractivity contribution in [2.75, 3.05) is 11.1 Å². The minimum absolute atomic E-state index is 0.0766. The Hall–Kier alpha value is -1.85. The Morgan fingerprint density at radius 2 is 1.73 bits per heavy atom. The smallest absolute Gasteiger partial charge is 0.239 e. The number of sulfone groups is 1. The largest absolute Gasteiger partial charge is 0.325 e. The minimum atomic E-state index is -3.69. The third kappa shape index (κ3) is 4.08. The number of hydrogen-bond acceptors (Lipinski definition) is 3. The molecule has 0 bridgehead atoms. The van der Waals surface area contributed by atoms with Crippen molar-refractivity contribution in [1.82, 2.24) is 0 Å². The van der Waals surface area contributed by atoms with Crippen molar-refractivity contribution in [3.8, 4) is 0 Å². The van der Waals surface area contributed by atoms with Crippen molar-refractivity contribution in [2.24, 2.45) is 0 Å². The van der Waals surface area contributed by atoms with Gasteiger partial charge in [0, 0.05) is 10.7 Å². The van der Waals surface area contributed by atoms with E-state index in [1.807, 2.05) is 26.0 Å². The molecular weight excluding hydrogens is 322 g/mol. The van der Waals surface area contributed by atoms with Gasteiger partial charge in [0.1, 0.15) is 5.75 Å². The molecule has 116 valence electrons. The van der Waals surface area contributed by atoms with E-state index in [2.05, 4.69) is 5.32 Å². The van der Waals surface area contributed by atoms with E-state index < -0.39 is 21.5 Å². The van der Waals surface area contributed by atoms with Crippen LogP contribution in [0, 0.1) is 13.8 Å². The van der Waals surface area contributed by atoms with Crippen LogP contribution in [0.5, 0.6) is 0 Å². The molecule has 0 saturated heterocycles. The lowest BCUT2D eigenvalue weighted by Gasteiger charge is -2.09. The van der Waals surface area contributed by atoms with Crippen LogP contribution in [0.3, 0.4) is 0 Å². The zero-order chi connectivity index (χ0) is 16.3. The molecule has 0 heterocycles. The number of rotatable bonds is 4. The maximum absolute atomic E-state index is 12.2. The summed E-state index contributed by atoms with van der Waals surface area (Å²) in [5.41, 5.74) is 2.57. The number of carbonyl (C=O) groups excluding carboxylic acids is 1. The Morgan fingerprint density at radius 1 is 1.09 bits per heavy atom. The molecule has 0 aliphatic carbocycles. The molecule has 2 aromatic carbocycles. The predicted molar refractivity (Wildman–Crippen MR) is 88.1 cm³/mol. The number of nitrogens with one attached hydrogen (secondary N) is 1. The van der Waals surface area contributed by atoms with Gasteiger partial charge in [0.2, 0.25) is 5.91 Å². The van der Waals surface area contributed by atoms with Crippen LogP contribution in [0.2, 0.25) is 5.02 Å². The summed E-state index contributed by atoms with van der Waals surface area (Å²) in [6.45, 7) is 3.81. The molecule has 2 aromatic rings. The van der Waals surface area contributed by atoms with E-state index in [4.69, 9.17) is 11.6 Å². The monoisotopic (exact) mass is 337 g/mol. The van der Waals surface area contributed by atoms with Crippen LogP contribution in [-0.4, -0.2) is 20.1 Å². The molecule has 0 unspecified atom stereocenters. The zero-order valence-corrected chi connectivity index (χ0v) is 13.8. The van der Waals surface area contributed by atoms with Crippen molar-refractivity contribution in [1.29, 1.82) is 0 Å². The Kier molecular flexibility index (Phi) is 4.88. The average Bonchev–Trinajstić information content (AvgIpc) is 2.42. The number of carbonyl (C=O) groups is 1. The molecule has 0 saturated carbocycles. The molecule has 0 aliphatic rings. The lowest BCUT2D eigenvalue weighted by Crippen LogP contribution is -2.23. The summed E-state index contributed by atoms with van der Waals surface area (Å²) in [4.78, 5) is 12.1. The number of amides is 1. The van der Waals surface area contributed by atoms with Crippen LogP contribution in [0.1, 0.15) is 11.1 Å². The average molecular weight is 338 g/mol. The fourth-order valence-corrected chi connectivity index (χ4v) is 3.30. The van der Waals surface area contributed by atoms with Crippen LogP contribution in [-0.2, 0) is 14.6 Å². The molecule has 0 atom stereocenters. The van der Waals surface area contributed by atoms with Gasteiger partial charge in [0.25, 0.3) is 0 Å². The first-order chi connectivity index (χ1) is 10.3. The van der Waals surface area contributed by atoms with Gasteiger partial charge >= 0.3 is 0 Å². The van der Waals surface area contributed by atoms with Gasteiger partial charge in [-0.2, -0.15) is 0 Å². The highest BCUT2D eigenvalue weighted by molar-refractivity contribution is 7.92. The minimum Gasteiger partial charge on any atom is -0.325 e. The molecule has 1 N–H and O–H groups in total. The van der Waals surface area contributed by atoms with Crippen LogP contribution >= 0.6 is 11.6 Å². The van der Waals surface area contributed by atoms with E-state index >= 15 is 0 Å². The molecule has 22 heavy (non-hydrogen) atoms. The first-order valence-corrected chi connectivity index (χ1v) is 8.66. The number of anilines is 1. The highest BCUT2D eigenvalue weighted by Gasteiger charge is 2.19. The fraction of sp³-hybridized carbons (Fsp3) is 0.188. The van der Waals surface area contributed by atoms with Crippen molar-refractivity contribution in [3.63, 3.8) is 0 Å². The van der Waals surface area contributed by atoms with Gasteiger partial charge in [0.05, 0.1) is 4.90 Å². The van der Waals surface area contributed by atoms with E-state index in [0.29, 0.717) is 10.7 Å². The van der Waals surface area contributed by atoms with Gasteiger partial charge in [-0.25, -0.2) is 8.42 Å². The maximum Gasteiger partial charge on any atom is 0.239 e. The number of aryl methyl sites for hydroxylation is 2. The highest BCUT2D eigenvalue weighted by atomic mass is 35.5. The highest BCUT2D eigenvalue weighted by Crippen LogP contribution is 2.18. The third-order valence-corrected chi connectivity index (χ3v) is 5.03. The molecule has 0 aliphatic heterocycles. The molecule has 6 heteroatoms. The summed E-state index contributed by atoms with van der Waals surface area (Å²) in [7, 11) is -3.69. The van der Waals surface area contributed by atoms with Gasteiger partial charge in [0.15, 0.2) is 9.84 Å². The molecule has 0 radical (unpaired) electrons. The SMILES string of the molecule is Cc1ccc(NC(=O)CS(=O)(=O)c2ccc(Cl)cc2)c(C)c1. The Morgan fingerprint density at radius 3 is 2.32 bits per heavy atom. The zero-order valence-electron chi connectivity index (χ0n) is 12.3. The van der Waals surface area contributed by atoms with Gasteiger partial charge in [-0.1, -0.05) is 29.3 Å². The Bertz CT molecular complexity index is 799. The lowest BCUT2D eigenvalue weighted by atomic mass is 10.1. The topological polar surface area (TPSA) is 63.2 Å². The van der Waals surface area contributed by atoms with Crippen LogP contribution in [0.4, 0.5) is 5.69 Å². The molecule has 0 fully saturated rings. The molecule has 0 aromatic heterocycles. The number of hydrogen-bond donors (Lipinski definition) is 1. The second kappa shape index (κ2) is 6.50. The number of benzene rings is 2. The molecule has 4 nitrogen and oxygen atoms in total. The summed E-state index contributed by atoms with van der Waals surface area (Å²) in [6.07, 6.45) is 0. The molecular formula is C16H16ClNO3S. The summed E-state index contributed by atoms with van der Waals surface area (Å²) >= 11 is 5.73. The summed E-state index contributed by atoms with van der Waals surface area (Å²) < 4.78 is 24.4. The second-order valence-corrected chi connectivity index (χ2v) is 7.51. The van der Waals surface area contributed by atoms with Crippen molar-refractivity contribution >= 4 is 33.0 Å². The maximum atomic E-state index is 12.2. The molecule has 1 amide bonds. The summed E-state index contributed by atoms with van der Waals surface area (Å²) in [6, 6.07) is 11.3. The third-order valence-electron chi connectivity index (χ3n) is 3.15. The van der Waals surface area contributed by atoms with Crippen LogP contribution in [0.25, 0.3) is 0 Å². The normalized spacial score (nSPS) is 11.2. The second-order valence-electron chi connectivity index (χ2n) is 5.08. The van der Waals surface area contributed by atoms with E-state index in [0.717, 1.165) is 11.1 Å². The van der Waals surface area contributed by atoms with Crippen LogP contribution < -0.4 is 5.32 Å². The Balaban J connectivity index is 2.12.